The first-order chi connectivity index (χ1) is 4.60. The fourth-order valence-electron chi connectivity index (χ4n) is 0.752. The van der Waals surface area contributed by atoms with Gasteiger partial charge in [-0.1, -0.05) is 15.9 Å². The summed E-state index contributed by atoms with van der Waals surface area (Å²) >= 11 is 3.43. The number of hydrogen-bond acceptors (Lipinski definition) is 2. The maximum absolute atomic E-state index is 4.26. The number of halogens is 1. The molecule has 0 N–H and O–H groups in total. The van der Waals surface area contributed by atoms with E-state index in [1.54, 1.807) is 6.21 Å². The van der Waals surface area contributed by atoms with E-state index in [2.05, 4.69) is 25.9 Å². The van der Waals surface area contributed by atoms with Crippen LogP contribution in [0, 0.1) is 0 Å². The topological polar surface area (TPSA) is 24.7 Å². The summed E-state index contributed by atoms with van der Waals surface area (Å²) in [5.74, 6) is 0.796. The standard InChI is InChI=1S/C7H9BrN2/c1-6-9-5-3-4-7(2,8)10-6/h3-5H,1-2H3. The zero-order chi connectivity index (χ0) is 7.61. The van der Waals surface area contributed by atoms with Crippen LogP contribution in [0.2, 0.25) is 0 Å². The summed E-state index contributed by atoms with van der Waals surface area (Å²) in [6, 6.07) is 0. The van der Waals surface area contributed by atoms with Crippen LogP contribution < -0.4 is 0 Å². The van der Waals surface area contributed by atoms with Gasteiger partial charge in [0.15, 0.2) is 0 Å². The minimum atomic E-state index is -0.270. The largest absolute Gasteiger partial charge is 0.249 e. The molecule has 54 valence electrons. The van der Waals surface area contributed by atoms with E-state index in [9.17, 15) is 0 Å². The van der Waals surface area contributed by atoms with Crippen molar-refractivity contribution in [3.05, 3.63) is 12.2 Å². The quantitative estimate of drug-likeness (QED) is 0.423. The van der Waals surface area contributed by atoms with Crippen molar-refractivity contribution in [3.63, 3.8) is 0 Å². The van der Waals surface area contributed by atoms with Crippen molar-refractivity contribution in [2.24, 2.45) is 9.98 Å². The summed E-state index contributed by atoms with van der Waals surface area (Å²) in [5.41, 5.74) is 0. The van der Waals surface area contributed by atoms with Crippen LogP contribution in [0.25, 0.3) is 0 Å². The molecule has 0 saturated carbocycles. The van der Waals surface area contributed by atoms with Crippen LogP contribution in [0.15, 0.2) is 22.1 Å². The Morgan fingerprint density at radius 3 is 3.00 bits per heavy atom. The van der Waals surface area contributed by atoms with Crippen molar-refractivity contribution < 1.29 is 0 Å². The zero-order valence-corrected chi connectivity index (χ0v) is 7.59. The van der Waals surface area contributed by atoms with E-state index in [1.807, 2.05) is 26.0 Å². The van der Waals surface area contributed by atoms with Gasteiger partial charge in [0.1, 0.15) is 10.3 Å². The number of hydrogen-bond donors (Lipinski definition) is 0. The lowest BCUT2D eigenvalue weighted by Crippen LogP contribution is -2.08. The average Bonchev–Trinajstić information content (AvgIpc) is 1.90. The molecule has 0 bridgehead atoms. The molecule has 0 aromatic carbocycles. The number of alkyl halides is 1. The number of amidine groups is 1. The highest BCUT2D eigenvalue weighted by molar-refractivity contribution is 9.10. The summed E-state index contributed by atoms with van der Waals surface area (Å²) in [6.45, 7) is 3.85. The van der Waals surface area contributed by atoms with E-state index in [4.69, 9.17) is 0 Å². The fraction of sp³-hybridized carbons (Fsp3) is 0.429. The summed E-state index contributed by atoms with van der Waals surface area (Å²) in [7, 11) is 0. The summed E-state index contributed by atoms with van der Waals surface area (Å²) < 4.78 is -0.270. The molecule has 2 nitrogen and oxygen atoms in total. The third-order valence-corrected chi connectivity index (χ3v) is 1.57. The molecule has 0 aromatic rings. The van der Waals surface area contributed by atoms with E-state index in [0.717, 1.165) is 5.84 Å². The van der Waals surface area contributed by atoms with Gasteiger partial charge in [-0.3, -0.25) is 0 Å². The van der Waals surface area contributed by atoms with Gasteiger partial charge in [0.25, 0.3) is 0 Å². The van der Waals surface area contributed by atoms with Gasteiger partial charge in [-0.05, 0) is 26.0 Å². The zero-order valence-electron chi connectivity index (χ0n) is 6.00. The van der Waals surface area contributed by atoms with E-state index in [0.29, 0.717) is 0 Å². The van der Waals surface area contributed by atoms with Crippen molar-refractivity contribution in [2.75, 3.05) is 0 Å². The van der Waals surface area contributed by atoms with Crippen LogP contribution in [0.4, 0.5) is 0 Å². The Balaban J connectivity index is 2.93. The predicted octanol–water partition coefficient (Wildman–Crippen LogP) is 2.16. The fourth-order valence-corrected chi connectivity index (χ4v) is 1.16. The second-order valence-electron chi connectivity index (χ2n) is 2.32. The van der Waals surface area contributed by atoms with Crippen molar-refractivity contribution >= 4 is 28.0 Å². The SMILES string of the molecule is CC1=NC(C)(Br)C=CC=N1. The molecule has 0 fully saturated rings. The third-order valence-electron chi connectivity index (χ3n) is 1.13. The van der Waals surface area contributed by atoms with Crippen LogP contribution in [0.1, 0.15) is 13.8 Å². The van der Waals surface area contributed by atoms with Crippen LogP contribution in [-0.4, -0.2) is 16.5 Å². The van der Waals surface area contributed by atoms with Crippen LogP contribution in [0.3, 0.4) is 0 Å². The Bertz CT molecular complexity index is 214. The Morgan fingerprint density at radius 1 is 1.60 bits per heavy atom. The molecule has 10 heavy (non-hydrogen) atoms. The maximum Gasteiger partial charge on any atom is 0.133 e. The molecule has 1 rings (SSSR count). The molecule has 0 aromatic heterocycles. The molecule has 1 unspecified atom stereocenters. The molecule has 1 heterocycles. The van der Waals surface area contributed by atoms with E-state index in [1.165, 1.54) is 0 Å². The normalized spacial score (nSPS) is 31.7. The van der Waals surface area contributed by atoms with Crippen molar-refractivity contribution in [3.8, 4) is 0 Å². The van der Waals surface area contributed by atoms with Gasteiger partial charge in [-0.25, -0.2) is 9.98 Å². The molecule has 3 heteroatoms. The van der Waals surface area contributed by atoms with E-state index < -0.39 is 0 Å². The second kappa shape index (κ2) is 2.66. The van der Waals surface area contributed by atoms with E-state index >= 15 is 0 Å². The second-order valence-corrected chi connectivity index (χ2v) is 3.93. The summed E-state index contributed by atoms with van der Waals surface area (Å²) in [6.07, 6.45) is 5.58. The van der Waals surface area contributed by atoms with Crippen molar-refractivity contribution in [1.29, 1.82) is 0 Å². The first-order valence-electron chi connectivity index (χ1n) is 3.07. The first-order valence-corrected chi connectivity index (χ1v) is 3.87. The number of allylic oxidation sites excluding steroid dienone is 1. The molecule has 1 aliphatic heterocycles. The number of aliphatic imine (C=N–C) groups is 2. The smallest absolute Gasteiger partial charge is 0.133 e. The predicted molar refractivity (Wildman–Crippen MR) is 48.1 cm³/mol. The van der Waals surface area contributed by atoms with Gasteiger partial charge >= 0.3 is 0 Å². The Kier molecular flexibility index (Phi) is 2.04. The van der Waals surface area contributed by atoms with Gasteiger partial charge in [0.2, 0.25) is 0 Å². The van der Waals surface area contributed by atoms with Crippen molar-refractivity contribution in [2.45, 2.75) is 18.3 Å². The van der Waals surface area contributed by atoms with Gasteiger partial charge in [-0.15, -0.1) is 0 Å². The summed E-state index contributed by atoms with van der Waals surface area (Å²) in [4.78, 5) is 8.28. The molecule has 0 aliphatic carbocycles. The van der Waals surface area contributed by atoms with Gasteiger partial charge in [0, 0.05) is 6.21 Å². The highest BCUT2D eigenvalue weighted by Crippen LogP contribution is 2.21. The molecule has 0 saturated heterocycles. The lowest BCUT2D eigenvalue weighted by molar-refractivity contribution is 0.869. The lowest BCUT2D eigenvalue weighted by Gasteiger charge is -2.09. The van der Waals surface area contributed by atoms with Gasteiger partial charge in [-0.2, -0.15) is 0 Å². The minimum absolute atomic E-state index is 0.270. The average molecular weight is 201 g/mol. The maximum atomic E-state index is 4.26. The van der Waals surface area contributed by atoms with Crippen molar-refractivity contribution in [1.82, 2.24) is 0 Å². The highest BCUT2D eigenvalue weighted by atomic mass is 79.9. The monoisotopic (exact) mass is 200 g/mol. The molecule has 1 aliphatic rings. The molecule has 0 spiro atoms. The molecular formula is C7H9BrN2. The Labute approximate surface area is 68.9 Å². The Hall–Kier alpha value is -0.440. The number of rotatable bonds is 0. The van der Waals surface area contributed by atoms with Gasteiger partial charge < -0.3 is 0 Å². The van der Waals surface area contributed by atoms with Crippen LogP contribution in [0.5, 0.6) is 0 Å². The van der Waals surface area contributed by atoms with Crippen LogP contribution >= 0.6 is 15.9 Å². The first kappa shape index (κ1) is 7.66. The molecule has 0 amide bonds. The molecular weight excluding hydrogens is 192 g/mol. The summed E-state index contributed by atoms with van der Waals surface area (Å²) in [5, 5.41) is 0. The molecule has 1 atom stereocenters. The lowest BCUT2D eigenvalue weighted by atomic mass is 10.3. The molecule has 0 radical (unpaired) electrons. The van der Waals surface area contributed by atoms with E-state index in [-0.39, 0.29) is 4.45 Å². The Morgan fingerprint density at radius 2 is 2.30 bits per heavy atom. The van der Waals surface area contributed by atoms with Gasteiger partial charge in [0.05, 0.1) is 0 Å². The van der Waals surface area contributed by atoms with Crippen LogP contribution in [-0.2, 0) is 0 Å². The highest BCUT2D eigenvalue weighted by Gasteiger charge is 2.14. The minimum Gasteiger partial charge on any atom is -0.249 e. The number of nitrogens with zero attached hydrogens (tertiary/aromatic N) is 2. The third kappa shape index (κ3) is 2.06.